The lowest BCUT2D eigenvalue weighted by molar-refractivity contribution is -0.0212. The lowest BCUT2D eigenvalue weighted by Crippen LogP contribution is -2.25. The average molecular weight is 321 g/mol. The fraction of sp³-hybridized carbons (Fsp3) is 0.636. The molecule has 0 spiro atoms. The molecule has 0 saturated carbocycles. The van der Waals surface area contributed by atoms with Crippen molar-refractivity contribution in [3.63, 3.8) is 0 Å². The Morgan fingerprint density at radius 3 is 2.65 bits per heavy atom. The first kappa shape index (κ1) is 14.8. The molecule has 1 N–H and O–H groups in total. The van der Waals surface area contributed by atoms with Crippen LogP contribution in [0.15, 0.2) is 4.47 Å². The van der Waals surface area contributed by atoms with Crippen molar-refractivity contribution in [2.45, 2.75) is 33.0 Å². The van der Waals surface area contributed by atoms with Gasteiger partial charge in [-0.2, -0.15) is 0 Å². The molecule has 0 aliphatic carbocycles. The second-order valence-corrected chi connectivity index (χ2v) is 5.24. The summed E-state index contributed by atoms with van der Waals surface area (Å²) < 4.78 is 12.0. The minimum Gasteiger partial charge on any atom is -0.378 e. The molecule has 0 atom stereocenters. The van der Waals surface area contributed by atoms with Crippen LogP contribution in [-0.2, 0) is 21.7 Å². The summed E-state index contributed by atoms with van der Waals surface area (Å²) in [5.41, 5.74) is 0.376. The van der Waals surface area contributed by atoms with E-state index in [1.54, 1.807) is 7.11 Å². The van der Waals surface area contributed by atoms with Gasteiger partial charge in [-0.3, -0.25) is 0 Å². The highest BCUT2D eigenvalue weighted by Gasteiger charge is 2.24. The summed E-state index contributed by atoms with van der Waals surface area (Å²) in [6.45, 7) is 6.92. The Morgan fingerprint density at radius 1 is 1.47 bits per heavy atom. The second kappa shape index (κ2) is 6.04. The number of nitrogens with zero attached hydrogens (tertiary/aromatic N) is 1. The molecule has 1 aromatic heterocycles. The third-order valence-electron chi connectivity index (χ3n) is 2.30. The molecular weight excluding hydrogens is 304 g/mol. The fourth-order valence-corrected chi connectivity index (χ4v) is 1.98. The summed E-state index contributed by atoms with van der Waals surface area (Å²) in [6, 6.07) is 0. The Balaban J connectivity index is 3.22. The van der Waals surface area contributed by atoms with Crippen molar-refractivity contribution in [3.8, 4) is 0 Å². The van der Waals surface area contributed by atoms with Crippen molar-refractivity contribution in [3.05, 3.63) is 20.6 Å². The number of aromatic nitrogens is 2. The number of rotatable bonds is 5. The first-order valence-corrected chi connectivity index (χ1v) is 6.54. The van der Waals surface area contributed by atoms with E-state index in [1.165, 1.54) is 0 Å². The number of methoxy groups -OCH3 is 1. The molecule has 0 saturated heterocycles. The molecule has 6 heteroatoms. The topological polar surface area (TPSA) is 47.1 Å². The zero-order valence-electron chi connectivity index (χ0n) is 10.5. The van der Waals surface area contributed by atoms with E-state index >= 15 is 0 Å². The molecule has 1 heterocycles. The predicted octanol–water partition coefficient (Wildman–Crippen LogP) is 3.32. The van der Waals surface area contributed by atoms with Crippen molar-refractivity contribution in [2.75, 3.05) is 13.7 Å². The highest BCUT2D eigenvalue weighted by molar-refractivity contribution is 9.10. The maximum absolute atomic E-state index is 5.65. The normalized spacial score (nSPS) is 11.8. The molecule has 0 radical (unpaired) electrons. The van der Waals surface area contributed by atoms with Crippen molar-refractivity contribution < 1.29 is 9.47 Å². The third-order valence-corrected chi connectivity index (χ3v) is 3.71. The first-order valence-electron chi connectivity index (χ1n) is 5.34. The molecule has 0 unspecified atom stereocenters. The van der Waals surface area contributed by atoms with Crippen LogP contribution in [0.4, 0.5) is 0 Å². The molecule has 0 fully saturated rings. The van der Waals surface area contributed by atoms with Gasteiger partial charge in [0.15, 0.2) is 0 Å². The molecule has 1 aromatic rings. The lowest BCUT2D eigenvalue weighted by Gasteiger charge is -2.24. The molecule has 4 nitrogen and oxygen atoms in total. The van der Waals surface area contributed by atoms with E-state index in [4.69, 9.17) is 21.7 Å². The molecular formula is C11H17BrN2O2S. The lowest BCUT2D eigenvalue weighted by atomic mass is 10.1. The first-order chi connectivity index (χ1) is 7.92. The Kier molecular flexibility index (Phi) is 5.24. The molecule has 0 bridgehead atoms. The standard InChI is InChI=1S/C11H17BrN2O2S/c1-5-16-11(2,3)10-13-7(6-15-4)8(12)9(17)14-10/h5-6H2,1-4H3,(H,13,14,17). The van der Waals surface area contributed by atoms with Crippen LogP contribution in [0, 0.1) is 4.64 Å². The molecule has 17 heavy (non-hydrogen) atoms. The SMILES string of the molecule is CCOC(C)(C)c1nc(=S)c(Br)c(COC)[nH]1. The molecule has 0 amide bonds. The summed E-state index contributed by atoms with van der Waals surface area (Å²) in [7, 11) is 1.64. The van der Waals surface area contributed by atoms with E-state index in [0.717, 1.165) is 10.2 Å². The Hall–Kier alpha value is -0.300. The van der Waals surface area contributed by atoms with Crippen molar-refractivity contribution in [1.29, 1.82) is 0 Å². The average Bonchev–Trinajstić information content (AvgIpc) is 2.24. The Bertz CT molecular complexity index is 446. The number of nitrogens with one attached hydrogen (secondary N) is 1. The zero-order chi connectivity index (χ0) is 13.1. The van der Waals surface area contributed by atoms with Crippen molar-refractivity contribution in [2.24, 2.45) is 0 Å². The molecule has 1 rings (SSSR count). The van der Waals surface area contributed by atoms with Crippen LogP contribution in [-0.4, -0.2) is 23.7 Å². The summed E-state index contributed by atoms with van der Waals surface area (Å²) in [5.74, 6) is 0.708. The van der Waals surface area contributed by atoms with Gasteiger partial charge in [0.2, 0.25) is 0 Å². The summed E-state index contributed by atoms with van der Waals surface area (Å²) in [6.07, 6.45) is 0. The van der Waals surface area contributed by atoms with E-state index in [1.807, 2.05) is 20.8 Å². The van der Waals surface area contributed by atoms with Crippen LogP contribution < -0.4 is 0 Å². The zero-order valence-corrected chi connectivity index (χ0v) is 12.9. The van der Waals surface area contributed by atoms with Crippen molar-refractivity contribution >= 4 is 28.1 Å². The van der Waals surface area contributed by atoms with Crippen molar-refractivity contribution in [1.82, 2.24) is 9.97 Å². The van der Waals surface area contributed by atoms with Crippen LogP contribution in [0.25, 0.3) is 0 Å². The van der Waals surface area contributed by atoms with Gasteiger partial charge in [0.05, 0.1) is 16.8 Å². The Morgan fingerprint density at radius 2 is 2.12 bits per heavy atom. The fourth-order valence-electron chi connectivity index (χ4n) is 1.46. The third kappa shape index (κ3) is 3.58. The van der Waals surface area contributed by atoms with Gasteiger partial charge in [0, 0.05) is 13.7 Å². The molecule has 96 valence electrons. The number of halogens is 1. The monoisotopic (exact) mass is 320 g/mol. The highest BCUT2D eigenvalue weighted by Crippen LogP contribution is 2.24. The van der Waals surface area contributed by atoms with E-state index < -0.39 is 5.60 Å². The minimum atomic E-state index is -0.495. The van der Waals surface area contributed by atoms with E-state index in [-0.39, 0.29) is 0 Å². The second-order valence-electron chi connectivity index (χ2n) is 4.06. The summed E-state index contributed by atoms with van der Waals surface area (Å²) >= 11 is 8.61. The predicted molar refractivity (Wildman–Crippen MR) is 72.5 cm³/mol. The summed E-state index contributed by atoms with van der Waals surface area (Å²) in [4.78, 5) is 7.54. The summed E-state index contributed by atoms with van der Waals surface area (Å²) in [5, 5.41) is 0. The molecule has 0 aromatic carbocycles. The van der Waals surface area contributed by atoms with Crippen LogP contribution in [0.1, 0.15) is 32.3 Å². The van der Waals surface area contributed by atoms with Gasteiger partial charge < -0.3 is 14.5 Å². The van der Waals surface area contributed by atoms with E-state index in [0.29, 0.717) is 23.7 Å². The van der Waals surface area contributed by atoms with Gasteiger partial charge >= 0.3 is 0 Å². The van der Waals surface area contributed by atoms with Gasteiger partial charge in [-0.1, -0.05) is 12.2 Å². The number of H-pyrrole nitrogens is 1. The van der Waals surface area contributed by atoms with Gasteiger partial charge in [-0.25, -0.2) is 4.98 Å². The van der Waals surface area contributed by atoms with Gasteiger partial charge in [0.1, 0.15) is 16.1 Å². The quantitative estimate of drug-likeness (QED) is 0.845. The van der Waals surface area contributed by atoms with Gasteiger partial charge in [-0.15, -0.1) is 0 Å². The van der Waals surface area contributed by atoms with Crippen LogP contribution >= 0.6 is 28.1 Å². The van der Waals surface area contributed by atoms with Crippen LogP contribution in [0.5, 0.6) is 0 Å². The van der Waals surface area contributed by atoms with Gasteiger partial charge in [-0.05, 0) is 36.7 Å². The van der Waals surface area contributed by atoms with Gasteiger partial charge in [0.25, 0.3) is 0 Å². The number of ether oxygens (including phenoxy) is 2. The van der Waals surface area contributed by atoms with Crippen LogP contribution in [0.3, 0.4) is 0 Å². The molecule has 0 aliphatic heterocycles. The largest absolute Gasteiger partial charge is 0.378 e. The number of hydrogen-bond acceptors (Lipinski definition) is 4. The molecule has 0 aliphatic rings. The maximum Gasteiger partial charge on any atom is 0.144 e. The van der Waals surface area contributed by atoms with Crippen LogP contribution in [0.2, 0.25) is 0 Å². The minimum absolute atomic E-state index is 0.446. The number of aromatic amines is 1. The van der Waals surface area contributed by atoms with E-state index in [9.17, 15) is 0 Å². The highest BCUT2D eigenvalue weighted by atomic mass is 79.9. The Labute approximate surface area is 115 Å². The smallest absolute Gasteiger partial charge is 0.144 e. The van der Waals surface area contributed by atoms with E-state index in [2.05, 4.69) is 25.9 Å². The number of hydrogen-bond donors (Lipinski definition) is 1. The maximum atomic E-state index is 5.65.